The molecule has 0 saturated carbocycles. The van der Waals surface area contributed by atoms with Gasteiger partial charge in [0.25, 0.3) is 5.91 Å². The van der Waals surface area contributed by atoms with Gasteiger partial charge in [0.1, 0.15) is 17.5 Å². The maximum Gasteiger partial charge on any atom is 0.267 e. The molecule has 124 valence electrons. The predicted molar refractivity (Wildman–Crippen MR) is 81.9 cm³/mol. The normalized spacial score (nSPS) is 24.4. The van der Waals surface area contributed by atoms with E-state index >= 15 is 0 Å². The van der Waals surface area contributed by atoms with Crippen molar-refractivity contribution in [3.63, 3.8) is 0 Å². The smallest absolute Gasteiger partial charge is 0.267 e. The standard InChI is InChI=1S/C16H21N3O4/c17-15(20)14-8-12(3-5-18-14)23-13-2-1-6-19(9-13)16(21)11-4-7-22-10-11/h3,5,8,11,13H,1-2,4,6-7,9-10H2,(H2,17,20). The van der Waals surface area contributed by atoms with Crippen molar-refractivity contribution in [2.45, 2.75) is 25.4 Å². The van der Waals surface area contributed by atoms with Crippen molar-refractivity contribution < 1.29 is 19.1 Å². The average molecular weight is 319 g/mol. The summed E-state index contributed by atoms with van der Waals surface area (Å²) >= 11 is 0. The highest BCUT2D eigenvalue weighted by atomic mass is 16.5. The number of nitrogens with two attached hydrogens (primary N) is 1. The summed E-state index contributed by atoms with van der Waals surface area (Å²) < 4.78 is 11.2. The van der Waals surface area contributed by atoms with Crippen LogP contribution in [0, 0.1) is 5.92 Å². The Labute approximate surface area is 134 Å². The molecular formula is C16H21N3O4. The Morgan fingerprint density at radius 2 is 2.26 bits per heavy atom. The number of likely N-dealkylation sites (tertiary alicyclic amines) is 1. The minimum absolute atomic E-state index is 0.0175. The van der Waals surface area contributed by atoms with Crippen LogP contribution in [0.5, 0.6) is 5.75 Å². The number of amides is 2. The van der Waals surface area contributed by atoms with Gasteiger partial charge in [0, 0.05) is 25.4 Å². The van der Waals surface area contributed by atoms with Gasteiger partial charge in [0.15, 0.2) is 0 Å². The lowest BCUT2D eigenvalue weighted by molar-refractivity contribution is -0.138. The average Bonchev–Trinajstić information content (AvgIpc) is 3.09. The van der Waals surface area contributed by atoms with Crippen LogP contribution in [0.25, 0.3) is 0 Å². The van der Waals surface area contributed by atoms with E-state index in [0.717, 1.165) is 25.8 Å². The first-order valence-corrected chi connectivity index (χ1v) is 7.92. The van der Waals surface area contributed by atoms with E-state index in [1.165, 1.54) is 12.3 Å². The molecular weight excluding hydrogens is 298 g/mol. The predicted octanol–water partition coefficient (Wildman–Crippen LogP) is 0.587. The molecule has 23 heavy (non-hydrogen) atoms. The van der Waals surface area contributed by atoms with E-state index in [1.807, 2.05) is 4.90 Å². The molecule has 2 aliphatic rings. The number of aromatic nitrogens is 1. The Bertz CT molecular complexity index is 586. The summed E-state index contributed by atoms with van der Waals surface area (Å²) in [5.74, 6) is 0.105. The van der Waals surface area contributed by atoms with Crippen LogP contribution in [0.3, 0.4) is 0 Å². The first-order chi connectivity index (χ1) is 11.1. The van der Waals surface area contributed by atoms with Crippen molar-refractivity contribution in [1.82, 2.24) is 9.88 Å². The summed E-state index contributed by atoms with van der Waals surface area (Å²) in [6, 6.07) is 3.23. The molecule has 0 aliphatic carbocycles. The number of carbonyl (C=O) groups excluding carboxylic acids is 2. The molecule has 2 N–H and O–H groups in total. The molecule has 3 rings (SSSR count). The van der Waals surface area contributed by atoms with Crippen molar-refractivity contribution in [3.8, 4) is 5.75 Å². The molecule has 3 heterocycles. The zero-order valence-corrected chi connectivity index (χ0v) is 12.9. The van der Waals surface area contributed by atoms with Gasteiger partial charge in [-0.25, -0.2) is 0 Å². The first kappa shape index (κ1) is 15.7. The van der Waals surface area contributed by atoms with E-state index in [9.17, 15) is 9.59 Å². The van der Waals surface area contributed by atoms with Crippen LogP contribution in [0.4, 0.5) is 0 Å². The van der Waals surface area contributed by atoms with Crippen molar-refractivity contribution in [2.24, 2.45) is 11.7 Å². The third kappa shape index (κ3) is 3.79. The number of rotatable bonds is 4. The van der Waals surface area contributed by atoms with Gasteiger partial charge >= 0.3 is 0 Å². The summed E-state index contributed by atoms with van der Waals surface area (Å²) in [7, 11) is 0. The summed E-state index contributed by atoms with van der Waals surface area (Å²) in [6.07, 6.45) is 3.99. The maximum absolute atomic E-state index is 12.5. The maximum atomic E-state index is 12.5. The van der Waals surface area contributed by atoms with Crippen molar-refractivity contribution in [1.29, 1.82) is 0 Å². The monoisotopic (exact) mass is 319 g/mol. The molecule has 0 aromatic carbocycles. The van der Waals surface area contributed by atoms with Crippen LogP contribution in [0.1, 0.15) is 29.8 Å². The lowest BCUT2D eigenvalue weighted by Crippen LogP contribution is -2.46. The quantitative estimate of drug-likeness (QED) is 0.876. The second kappa shape index (κ2) is 6.95. The summed E-state index contributed by atoms with van der Waals surface area (Å²) in [5.41, 5.74) is 5.40. The Balaban J connectivity index is 1.61. The van der Waals surface area contributed by atoms with Gasteiger partial charge < -0.3 is 20.1 Å². The molecule has 2 unspecified atom stereocenters. The number of primary amides is 1. The number of ether oxygens (including phenoxy) is 2. The Morgan fingerprint density at radius 3 is 3.00 bits per heavy atom. The fourth-order valence-corrected chi connectivity index (χ4v) is 3.03. The molecule has 7 heteroatoms. The van der Waals surface area contributed by atoms with E-state index in [2.05, 4.69) is 4.98 Å². The molecule has 0 radical (unpaired) electrons. The molecule has 2 aliphatic heterocycles. The van der Waals surface area contributed by atoms with E-state index in [-0.39, 0.29) is 23.6 Å². The second-order valence-corrected chi connectivity index (χ2v) is 5.97. The van der Waals surface area contributed by atoms with E-state index in [4.69, 9.17) is 15.2 Å². The zero-order chi connectivity index (χ0) is 16.2. The van der Waals surface area contributed by atoms with E-state index in [0.29, 0.717) is 25.5 Å². The number of pyridine rings is 1. The van der Waals surface area contributed by atoms with Gasteiger partial charge in [0.05, 0.1) is 19.1 Å². The number of hydrogen-bond acceptors (Lipinski definition) is 5. The van der Waals surface area contributed by atoms with E-state index < -0.39 is 5.91 Å². The van der Waals surface area contributed by atoms with Crippen LogP contribution in [-0.2, 0) is 9.53 Å². The molecule has 2 atom stereocenters. The SMILES string of the molecule is NC(=O)c1cc(OC2CCCN(C(=O)C3CCOC3)C2)ccn1. The van der Waals surface area contributed by atoms with Gasteiger partial charge in [-0.2, -0.15) is 0 Å². The summed E-state index contributed by atoms with van der Waals surface area (Å²) in [4.78, 5) is 29.4. The second-order valence-electron chi connectivity index (χ2n) is 5.97. The molecule has 2 amide bonds. The van der Waals surface area contributed by atoms with Gasteiger partial charge in [-0.3, -0.25) is 14.6 Å². The number of nitrogens with zero attached hydrogens (tertiary/aromatic N) is 2. The molecule has 2 fully saturated rings. The summed E-state index contributed by atoms with van der Waals surface area (Å²) in [6.45, 7) is 2.51. The largest absolute Gasteiger partial charge is 0.488 e. The lowest BCUT2D eigenvalue weighted by Gasteiger charge is -2.34. The summed E-state index contributed by atoms with van der Waals surface area (Å²) in [5, 5.41) is 0. The van der Waals surface area contributed by atoms with Crippen molar-refractivity contribution in [3.05, 3.63) is 24.0 Å². The third-order valence-electron chi connectivity index (χ3n) is 4.26. The van der Waals surface area contributed by atoms with Crippen LogP contribution in [-0.4, -0.2) is 54.1 Å². The van der Waals surface area contributed by atoms with Crippen LogP contribution in [0.2, 0.25) is 0 Å². The highest BCUT2D eigenvalue weighted by molar-refractivity contribution is 5.91. The van der Waals surface area contributed by atoms with Crippen molar-refractivity contribution in [2.75, 3.05) is 26.3 Å². The van der Waals surface area contributed by atoms with Gasteiger partial charge in [-0.15, -0.1) is 0 Å². The topological polar surface area (TPSA) is 94.8 Å². The van der Waals surface area contributed by atoms with Crippen LogP contribution in [0.15, 0.2) is 18.3 Å². The van der Waals surface area contributed by atoms with Crippen molar-refractivity contribution >= 4 is 11.8 Å². The highest BCUT2D eigenvalue weighted by Crippen LogP contribution is 2.22. The fraction of sp³-hybridized carbons (Fsp3) is 0.562. The number of piperidine rings is 1. The van der Waals surface area contributed by atoms with Gasteiger partial charge in [0.2, 0.25) is 5.91 Å². The van der Waals surface area contributed by atoms with Gasteiger partial charge in [-0.05, 0) is 25.3 Å². The molecule has 1 aromatic rings. The zero-order valence-electron chi connectivity index (χ0n) is 12.9. The van der Waals surface area contributed by atoms with Crippen LogP contribution < -0.4 is 10.5 Å². The molecule has 0 spiro atoms. The molecule has 2 saturated heterocycles. The Kier molecular flexibility index (Phi) is 4.76. The molecule has 7 nitrogen and oxygen atoms in total. The molecule has 1 aromatic heterocycles. The number of carbonyl (C=O) groups is 2. The fourth-order valence-electron chi connectivity index (χ4n) is 3.03. The minimum atomic E-state index is -0.586. The van der Waals surface area contributed by atoms with E-state index in [1.54, 1.807) is 6.07 Å². The van der Waals surface area contributed by atoms with Crippen LogP contribution >= 0.6 is 0 Å². The lowest BCUT2D eigenvalue weighted by atomic mass is 10.0. The Hall–Kier alpha value is -2.15. The van der Waals surface area contributed by atoms with Gasteiger partial charge in [-0.1, -0.05) is 0 Å². The number of hydrogen-bond donors (Lipinski definition) is 1. The third-order valence-corrected chi connectivity index (χ3v) is 4.26. The minimum Gasteiger partial charge on any atom is -0.488 e. The highest BCUT2D eigenvalue weighted by Gasteiger charge is 2.31. The molecule has 0 bridgehead atoms. The Morgan fingerprint density at radius 1 is 1.39 bits per heavy atom. The first-order valence-electron chi connectivity index (χ1n) is 7.92.